The Balaban J connectivity index is 1.92. The van der Waals surface area contributed by atoms with Crippen molar-refractivity contribution in [2.45, 2.75) is 28.6 Å². The second-order valence-corrected chi connectivity index (χ2v) is 6.79. The monoisotopic (exact) mass is 321 g/mol. The van der Waals surface area contributed by atoms with E-state index in [-0.39, 0.29) is 5.82 Å². The van der Waals surface area contributed by atoms with Crippen molar-refractivity contribution < 1.29 is 4.39 Å². The molecule has 1 heterocycles. The zero-order chi connectivity index (χ0) is 14.7. The van der Waals surface area contributed by atoms with Crippen molar-refractivity contribution >= 4 is 23.4 Å². The van der Waals surface area contributed by atoms with Crippen molar-refractivity contribution in [3.8, 4) is 0 Å². The van der Waals surface area contributed by atoms with Crippen LogP contribution < -0.4 is 5.32 Å². The summed E-state index contributed by atoms with van der Waals surface area (Å²) in [4.78, 5) is 2.05. The lowest BCUT2D eigenvalue weighted by atomic mass is 9.90. The van der Waals surface area contributed by atoms with E-state index in [1.54, 1.807) is 23.9 Å². The molecule has 1 saturated heterocycles. The molecule has 0 aliphatic carbocycles. The topological polar surface area (TPSA) is 12.0 Å². The number of nitrogens with one attached hydrogen (secondary N) is 1. The molecule has 110 valence electrons. The van der Waals surface area contributed by atoms with Gasteiger partial charge in [0.2, 0.25) is 0 Å². The van der Waals surface area contributed by atoms with Crippen LogP contribution in [-0.2, 0) is 0 Å². The first-order chi connectivity index (χ1) is 10.2. The minimum absolute atomic E-state index is 0.0890. The molecule has 2 aromatic carbocycles. The molecule has 0 aromatic heterocycles. The van der Waals surface area contributed by atoms with Crippen LogP contribution in [-0.4, -0.2) is 13.1 Å². The Kier molecular flexibility index (Phi) is 4.84. The molecule has 0 amide bonds. The summed E-state index contributed by atoms with van der Waals surface area (Å²) >= 11 is 7.63. The van der Waals surface area contributed by atoms with Gasteiger partial charge in [-0.1, -0.05) is 35.5 Å². The van der Waals surface area contributed by atoms with Gasteiger partial charge in [-0.05, 0) is 62.2 Å². The van der Waals surface area contributed by atoms with Gasteiger partial charge in [0.1, 0.15) is 5.82 Å². The summed E-state index contributed by atoms with van der Waals surface area (Å²) in [5.41, 5.74) is 0.865. The van der Waals surface area contributed by atoms with Crippen molar-refractivity contribution in [3.63, 3.8) is 0 Å². The molecule has 3 rings (SSSR count). The van der Waals surface area contributed by atoms with E-state index in [9.17, 15) is 4.39 Å². The number of rotatable bonds is 3. The SMILES string of the molecule is Fc1cccc(Sc2cccc(Cl)c2)c1C1CCNCC1. The molecule has 21 heavy (non-hydrogen) atoms. The summed E-state index contributed by atoms with van der Waals surface area (Å²) in [6.07, 6.45) is 1.98. The first-order valence-corrected chi connectivity index (χ1v) is 8.36. The first-order valence-electron chi connectivity index (χ1n) is 7.16. The molecule has 1 aliphatic heterocycles. The highest BCUT2D eigenvalue weighted by atomic mass is 35.5. The van der Waals surface area contributed by atoms with Crippen LogP contribution in [0.2, 0.25) is 5.02 Å². The molecule has 0 bridgehead atoms. The predicted octanol–water partition coefficient (Wildman–Crippen LogP) is 5.10. The van der Waals surface area contributed by atoms with Crippen molar-refractivity contribution in [1.82, 2.24) is 5.32 Å². The van der Waals surface area contributed by atoms with Crippen LogP contribution in [0, 0.1) is 5.82 Å². The van der Waals surface area contributed by atoms with Crippen LogP contribution in [0.25, 0.3) is 0 Å². The fraction of sp³-hybridized carbons (Fsp3) is 0.294. The van der Waals surface area contributed by atoms with Crippen LogP contribution in [0.5, 0.6) is 0 Å². The van der Waals surface area contributed by atoms with Crippen LogP contribution in [0.3, 0.4) is 0 Å². The number of halogens is 2. The highest BCUT2D eigenvalue weighted by Crippen LogP contribution is 2.39. The standard InChI is InChI=1S/C17H17ClFNS/c18-13-3-1-4-14(11-13)21-16-6-2-5-15(19)17(16)12-7-9-20-10-8-12/h1-6,11-12,20H,7-10H2. The summed E-state index contributed by atoms with van der Waals surface area (Å²) in [5.74, 6) is 0.211. The maximum Gasteiger partial charge on any atom is 0.127 e. The molecular formula is C17H17ClFNS. The highest BCUT2D eigenvalue weighted by Gasteiger charge is 2.22. The van der Waals surface area contributed by atoms with Gasteiger partial charge < -0.3 is 5.32 Å². The summed E-state index contributed by atoms with van der Waals surface area (Å²) in [6.45, 7) is 1.92. The van der Waals surface area contributed by atoms with Gasteiger partial charge in [0, 0.05) is 20.4 Å². The summed E-state index contributed by atoms with van der Waals surface area (Å²) in [7, 11) is 0. The van der Waals surface area contributed by atoms with Gasteiger partial charge in [0.05, 0.1) is 0 Å². The Hall–Kier alpha value is -1.03. The maximum absolute atomic E-state index is 14.4. The molecule has 1 fully saturated rings. The fourth-order valence-corrected chi connectivity index (χ4v) is 4.13. The van der Waals surface area contributed by atoms with Crippen LogP contribution in [0.1, 0.15) is 24.3 Å². The zero-order valence-corrected chi connectivity index (χ0v) is 13.2. The van der Waals surface area contributed by atoms with E-state index in [4.69, 9.17) is 11.6 Å². The quantitative estimate of drug-likeness (QED) is 0.844. The van der Waals surface area contributed by atoms with Crippen molar-refractivity contribution in [1.29, 1.82) is 0 Å². The van der Waals surface area contributed by atoms with Crippen molar-refractivity contribution in [3.05, 3.63) is 58.9 Å². The van der Waals surface area contributed by atoms with Gasteiger partial charge in [-0.3, -0.25) is 0 Å². The number of hydrogen-bond donors (Lipinski definition) is 1. The van der Waals surface area contributed by atoms with Crippen LogP contribution in [0.4, 0.5) is 4.39 Å². The molecule has 4 heteroatoms. The smallest absolute Gasteiger partial charge is 0.127 e. The summed E-state index contributed by atoms with van der Waals surface area (Å²) in [6, 6.07) is 13.1. The molecule has 0 unspecified atom stereocenters. The van der Waals surface area contributed by atoms with E-state index in [0.717, 1.165) is 41.3 Å². The van der Waals surface area contributed by atoms with E-state index in [2.05, 4.69) is 5.32 Å². The Morgan fingerprint density at radius 3 is 2.62 bits per heavy atom. The highest BCUT2D eigenvalue weighted by molar-refractivity contribution is 7.99. The largest absolute Gasteiger partial charge is 0.317 e. The third-order valence-corrected chi connectivity index (χ3v) is 5.08. The van der Waals surface area contributed by atoms with Crippen molar-refractivity contribution in [2.75, 3.05) is 13.1 Å². The minimum atomic E-state index is -0.0890. The van der Waals surface area contributed by atoms with E-state index in [1.165, 1.54) is 0 Å². The Labute approximate surface area is 133 Å². The average Bonchev–Trinajstić information content (AvgIpc) is 2.48. The minimum Gasteiger partial charge on any atom is -0.317 e. The zero-order valence-electron chi connectivity index (χ0n) is 11.6. The van der Waals surface area contributed by atoms with Gasteiger partial charge in [-0.25, -0.2) is 4.39 Å². The van der Waals surface area contributed by atoms with Crippen LogP contribution in [0.15, 0.2) is 52.3 Å². The van der Waals surface area contributed by atoms with E-state index in [0.29, 0.717) is 10.9 Å². The molecule has 1 N–H and O–H groups in total. The van der Waals surface area contributed by atoms with Gasteiger partial charge >= 0.3 is 0 Å². The first kappa shape index (κ1) is 14.9. The molecule has 1 nitrogen and oxygen atoms in total. The Morgan fingerprint density at radius 2 is 1.86 bits per heavy atom. The lowest BCUT2D eigenvalue weighted by Crippen LogP contribution is -2.27. The van der Waals surface area contributed by atoms with Gasteiger partial charge in [-0.15, -0.1) is 0 Å². The van der Waals surface area contributed by atoms with Gasteiger partial charge in [0.25, 0.3) is 0 Å². The van der Waals surface area contributed by atoms with Crippen molar-refractivity contribution in [2.24, 2.45) is 0 Å². The predicted molar refractivity (Wildman–Crippen MR) is 86.8 cm³/mol. The second-order valence-electron chi connectivity index (χ2n) is 5.24. The molecular weight excluding hydrogens is 305 g/mol. The normalized spacial score (nSPS) is 16.1. The van der Waals surface area contributed by atoms with Gasteiger partial charge in [0.15, 0.2) is 0 Å². The Bertz CT molecular complexity index is 626. The molecule has 1 aliphatic rings. The Morgan fingerprint density at radius 1 is 1.10 bits per heavy atom. The number of piperidine rings is 1. The fourth-order valence-electron chi connectivity index (χ4n) is 2.77. The third-order valence-electron chi connectivity index (χ3n) is 3.78. The summed E-state index contributed by atoms with van der Waals surface area (Å²) in [5, 5.41) is 4.04. The molecule has 0 spiro atoms. The molecule has 0 saturated carbocycles. The van der Waals surface area contributed by atoms with Gasteiger partial charge in [-0.2, -0.15) is 0 Å². The molecule has 0 radical (unpaired) electrons. The average molecular weight is 322 g/mol. The lowest BCUT2D eigenvalue weighted by Gasteiger charge is -2.25. The lowest BCUT2D eigenvalue weighted by molar-refractivity contribution is 0.439. The van der Waals surface area contributed by atoms with E-state index in [1.807, 2.05) is 30.3 Å². The molecule has 0 atom stereocenters. The molecule has 2 aromatic rings. The van der Waals surface area contributed by atoms with E-state index >= 15 is 0 Å². The van der Waals surface area contributed by atoms with E-state index < -0.39 is 0 Å². The third kappa shape index (κ3) is 3.60. The second kappa shape index (κ2) is 6.82. The number of hydrogen-bond acceptors (Lipinski definition) is 2. The number of benzene rings is 2. The maximum atomic E-state index is 14.4. The van der Waals surface area contributed by atoms with Crippen LogP contribution >= 0.6 is 23.4 Å². The summed E-state index contributed by atoms with van der Waals surface area (Å²) < 4.78 is 14.4.